The van der Waals surface area contributed by atoms with Gasteiger partial charge in [-0.1, -0.05) is 164 Å². The molecule has 0 amide bonds. The molecule has 0 radical (unpaired) electrons. The standard InChI is InChI=1S/C67H43N3S2/c1-4-20-44(21-5-1)68(61-34-18-28-53-51-26-10-16-36-63(51)71-65(53)61)47-38-40-49-50-41-39-48(69(45-22-6-2-7-23-45)62-35-19-29-54-52-27-11-17-37-64(52)72-66(54)62)43-58(50)67(57(49)42-47)55-30-12-14-32-59(55)70(46-24-8-3-9-25-46)60-33-15-13-31-56(60)67/h1-43H. The van der Waals surface area contributed by atoms with Gasteiger partial charge in [0, 0.05) is 59.4 Å². The van der Waals surface area contributed by atoms with Gasteiger partial charge in [0.25, 0.3) is 0 Å². The van der Waals surface area contributed by atoms with Crippen molar-refractivity contribution in [2.75, 3.05) is 14.7 Å². The van der Waals surface area contributed by atoms with Gasteiger partial charge >= 0.3 is 0 Å². The second-order valence-electron chi connectivity index (χ2n) is 18.8. The molecule has 338 valence electrons. The predicted molar refractivity (Wildman–Crippen MR) is 307 cm³/mol. The van der Waals surface area contributed by atoms with Crippen molar-refractivity contribution in [3.8, 4) is 11.1 Å². The van der Waals surface area contributed by atoms with Gasteiger partial charge < -0.3 is 14.7 Å². The molecule has 0 bridgehead atoms. The number of hydrogen-bond donors (Lipinski definition) is 0. The van der Waals surface area contributed by atoms with Crippen molar-refractivity contribution in [1.82, 2.24) is 0 Å². The molecule has 3 heterocycles. The summed E-state index contributed by atoms with van der Waals surface area (Å²) in [6.07, 6.45) is 0. The third kappa shape index (κ3) is 5.96. The zero-order valence-corrected chi connectivity index (χ0v) is 40.6. The van der Waals surface area contributed by atoms with Crippen LogP contribution in [-0.4, -0.2) is 0 Å². The molecular weight excluding hydrogens is 911 g/mol. The Balaban J connectivity index is 1.03. The summed E-state index contributed by atoms with van der Waals surface area (Å²) < 4.78 is 5.12. The molecule has 0 saturated carbocycles. The summed E-state index contributed by atoms with van der Waals surface area (Å²) in [5.74, 6) is 0. The maximum absolute atomic E-state index is 2.52. The molecule has 72 heavy (non-hydrogen) atoms. The fourth-order valence-electron chi connectivity index (χ4n) is 12.1. The summed E-state index contributed by atoms with van der Waals surface area (Å²) in [5, 5.41) is 5.13. The summed E-state index contributed by atoms with van der Waals surface area (Å²) in [6, 6.07) is 96.8. The van der Waals surface area contributed by atoms with Crippen LogP contribution in [0.2, 0.25) is 0 Å². The Hall–Kier alpha value is -8.74. The van der Waals surface area contributed by atoms with E-state index in [-0.39, 0.29) is 0 Å². The van der Waals surface area contributed by atoms with Crippen LogP contribution in [0.15, 0.2) is 261 Å². The molecule has 1 aliphatic carbocycles. The molecule has 15 rings (SSSR count). The minimum absolute atomic E-state index is 0.715. The van der Waals surface area contributed by atoms with Crippen molar-refractivity contribution in [3.05, 3.63) is 283 Å². The molecule has 13 aromatic rings. The van der Waals surface area contributed by atoms with E-state index in [9.17, 15) is 0 Å². The average molecular weight is 954 g/mol. The normalized spacial score (nSPS) is 13.1. The minimum Gasteiger partial charge on any atom is -0.310 e. The first kappa shape index (κ1) is 41.1. The van der Waals surface area contributed by atoms with Crippen molar-refractivity contribution in [3.63, 3.8) is 0 Å². The number of thiophene rings is 2. The molecule has 3 nitrogen and oxygen atoms in total. The third-order valence-electron chi connectivity index (χ3n) is 15.0. The lowest BCUT2D eigenvalue weighted by molar-refractivity contribution is 0.752. The Bertz CT molecular complexity index is 4000. The van der Waals surface area contributed by atoms with Gasteiger partial charge in [-0.05, 0) is 130 Å². The number of rotatable bonds is 7. The van der Waals surface area contributed by atoms with Gasteiger partial charge in [0.05, 0.1) is 37.6 Å². The molecule has 2 aromatic heterocycles. The minimum atomic E-state index is -0.715. The number of fused-ring (bicyclic) bond motifs is 15. The van der Waals surface area contributed by atoms with Gasteiger partial charge in [-0.3, -0.25) is 0 Å². The molecule has 5 heteroatoms. The van der Waals surface area contributed by atoms with Crippen LogP contribution in [0, 0.1) is 0 Å². The molecular formula is C67H43N3S2. The van der Waals surface area contributed by atoms with Gasteiger partial charge in [0.2, 0.25) is 0 Å². The van der Waals surface area contributed by atoms with Gasteiger partial charge in [0.1, 0.15) is 0 Å². The molecule has 0 unspecified atom stereocenters. The fourth-order valence-corrected chi connectivity index (χ4v) is 14.5. The Morgan fingerprint density at radius 1 is 0.306 bits per heavy atom. The summed E-state index contributed by atoms with van der Waals surface area (Å²) in [7, 11) is 0. The average Bonchev–Trinajstić information content (AvgIpc) is 4.11. The van der Waals surface area contributed by atoms with Gasteiger partial charge in [-0.15, -0.1) is 22.7 Å². The van der Waals surface area contributed by atoms with Crippen molar-refractivity contribution < 1.29 is 0 Å². The predicted octanol–water partition coefficient (Wildman–Crippen LogP) is 19.5. The Morgan fingerprint density at radius 3 is 1.19 bits per heavy atom. The van der Waals surface area contributed by atoms with Gasteiger partial charge in [-0.25, -0.2) is 0 Å². The zero-order chi connectivity index (χ0) is 47.3. The highest BCUT2D eigenvalue weighted by Gasteiger charge is 2.52. The first-order chi connectivity index (χ1) is 35.7. The Labute approximate surface area is 426 Å². The molecule has 0 saturated heterocycles. The lowest BCUT2D eigenvalue weighted by Gasteiger charge is -2.45. The molecule has 11 aromatic carbocycles. The lowest BCUT2D eigenvalue weighted by Crippen LogP contribution is -2.36. The van der Waals surface area contributed by atoms with Crippen LogP contribution < -0.4 is 14.7 Å². The van der Waals surface area contributed by atoms with Crippen molar-refractivity contribution in [1.29, 1.82) is 0 Å². The SMILES string of the molecule is c1ccc(N2c3ccccc3C3(c4cc(N(c5ccccc5)c5cccc6c5sc5ccccc56)ccc4-c4ccc(N(c5ccccc5)c5cccc6c5sc5ccccc56)cc43)c3ccccc32)cc1. The zero-order valence-electron chi connectivity index (χ0n) is 39.0. The van der Waals surface area contributed by atoms with Crippen LogP contribution in [0.5, 0.6) is 0 Å². The van der Waals surface area contributed by atoms with E-state index in [0.717, 1.165) is 28.4 Å². The van der Waals surface area contributed by atoms with Gasteiger partial charge in [-0.2, -0.15) is 0 Å². The maximum atomic E-state index is 2.52. The quantitative estimate of drug-likeness (QED) is 0.158. The number of anilines is 9. The topological polar surface area (TPSA) is 9.72 Å². The van der Waals surface area contributed by atoms with E-state index in [0.29, 0.717) is 0 Å². The second-order valence-corrected chi connectivity index (χ2v) is 20.9. The van der Waals surface area contributed by atoms with Crippen LogP contribution in [0.1, 0.15) is 22.3 Å². The molecule has 2 aliphatic rings. The van der Waals surface area contributed by atoms with Gasteiger partial charge in [0.15, 0.2) is 0 Å². The van der Waals surface area contributed by atoms with E-state index < -0.39 is 5.41 Å². The van der Waals surface area contributed by atoms with Crippen LogP contribution >= 0.6 is 22.7 Å². The van der Waals surface area contributed by atoms with Crippen molar-refractivity contribution in [2.24, 2.45) is 0 Å². The molecule has 0 atom stereocenters. The maximum Gasteiger partial charge on any atom is 0.0755 e. The monoisotopic (exact) mass is 953 g/mol. The van der Waals surface area contributed by atoms with Crippen LogP contribution in [-0.2, 0) is 5.41 Å². The van der Waals surface area contributed by atoms with Crippen molar-refractivity contribution in [2.45, 2.75) is 5.41 Å². The van der Waals surface area contributed by atoms with E-state index in [1.54, 1.807) is 0 Å². The number of nitrogens with zero attached hydrogens (tertiary/aromatic N) is 3. The van der Waals surface area contributed by atoms with E-state index in [1.165, 1.54) is 96.5 Å². The number of benzene rings is 11. The van der Waals surface area contributed by atoms with E-state index in [1.807, 2.05) is 22.7 Å². The highest BCUT2D eigenvalue weighted by atomic mass is 32.1. The molecule has 1 spiro atoms. The highest BCUT2D eigenvalue weighted by Crippen LogP contribution is 2.65. The third-order valence-corrected chi connectivity index (χ3v) is 17.4. The van der Waals surface area contributed by atoms with Crippen molar-refractivity contribution >= 4 is 114 Å². The summed E-state index contributed by atoms with van der Waals surface area (Å²) in [4.78, 5) is 7.44. The summed E-state index contributed by atoms with van der Waals surface area (Å²) in [6.45, 7) is 0. The first-order valence-corrected chi connectivity index (χ1v) is 26.2. The number of hydrogen-bond acceptors (Lipinski definition) is 5. The highest BCUT2D eigenvalue weighted by molar-refractivity contribution is 7.26. The summed E-state index contributed by atoms with van der Waals surface area (Å²) >= 11 is 3.75. The first-order valence-electron chi connectivity index (χ1n) is 24.6. The lowest BCUT2D eigenvalue weighted by atomic mass is 9.64. The number of para-hydroxylation sites is 5. The van der Waals surface area contributed by atoms with E-state index >= 15 is 0 Å². The smallest absolute Gasteiger partial charge is 0.0755 e. The largest absolute Gasteiger partial charge is 0.310 e. The molecule has 0 N–H and O–H groups in total. The molecule has 1 aliphatic heterocycles. The fraction of sp³-hybridized carbons (Fsp3) is 0.0149. The van der Waals surface area contributed by atoms with Crippen LogP contribution in [0.25, 0.3) is 51.5 Å². The second kappa shape index (κ2) is 16.2. The van der Waals surface area contributed by atoms with E-state index in [2.05, 4.69) is 276 Å². The van der Waals surface area contributed by atoms with Crippen LogP contribution in [0.3, 0.4) is 0 Å². The van der Waals surface area contributed by atoms with Crippen LogP contribution in [0.4, 0.5) is 51.2 Å². The Kier molecular flexibility index (Phi) is 9.22. The summed E-state index contributed by atoms with van der Waals surface area (Å²) in [5.41, 5.74) is 17.0. The molecule has 0 fully saturated rings. The Morgan fingerprint density at radius 2 is 0.708 bits per heavy atom. The van der Waals surface area contributed by atoms with E-state index in [4.69, 9.17) is 0 Å².